The van der Waals surface area contributed by atoms with Crippen molar-refractivity contribution < 1.29 is 4.79 Å². The summed E-state index contributed by atoms with van der Waals surface area (Å²) in [5, 5.41) is 12.8. The van der Waals surface area contributed by atoms with Crippen LogP contribution in [0.4, 0.5) is 5.82 Å². The number of hydrogen-bond donors (Lipinski definition) is 0. The Morgan fingerprint density at radius 3 is 2.75 bits per heavy atom. The van der Waals surface area contributed by atoms with Crippen molar-refractivity contribution in [3.63, 3.8) is 0 Å². The topological polar surface area (TPSA) is 67.2 Å². The van der Waals surface area contributed by atoms with Crippen LogP contribution in [0.15, 0.2) is 30.7 Å². The Morgan fingerprint density at radius 2 is 2.08 bits per heavy atom. The summed E-state index contributed by atoms with van der Waals surface area (Å²) in [5.41, 5.74) is -0.769. The molecule has 24 heavy (non-hydrogen) atoms. The molecule has 0 bridgehead atoms. The lowest BCUT2D eigenvalue weighted by Crippen LogP contribution is -2.48. The van der Waals surface area contributed by atoms with Crippen LogP contribution < -0.4 is 4.90 Å². The summed E-state index contributed by atoms with van der Waals surface area (Å²) in [7, 11) is 0. The molecule has 1 aliphatic heterocycles. The van der Waals surface area contributed by atoms with Crippen molar-refractivity contribution in [3.8, 4) is 0 Å². The van der Waals surface area contributed by atoms with Gasteiger partial charge in [-0.3, -0.25) is 9.48 Å². The largest absolute Gasteiger partial charge is 0.353 e. The van der Waals surface area contributed by atoms with E-state index in [1.807, 2.05) is 30.9 Å². The number of carbonyl (C=O) groups excluding carboxylic acids is 1. The number of halogens is 1. The molecule has 7 nitrogen and oxygen atoms in total. The Morgan fingerprint density at radius 1 is 1.25 bits per heavy atom. The summed E-state index contributed by atoms with van der Waals surface area (Å²) >= 11 is 5.94. The fraction of sp³-hybridized carbons (Fsp3) is 0.500. The normalized spacial score (nSPS) is 16.1. The molecule has 0 saturated carbocycles. The molecule has 1 amide bonds. The third-order valence-electron chi connectivity index (χ3n) is 4.31. The number of hydrogen-bond acceptors (Lipinski definition) is 5. The highest BCUT2D eigenvalue weighted by Gasteiger charge is 2.35. The molecule has 1 fully saturated rings. The van der Waals surface area contributed by atoms with Crippen molar-refractivity contribution in [3.05, 3.63) is 35.7 Å². The average molecular weight is 349 g/mol. The van der Waals surface area contributed by atoms with Gasteiger partial charge in [-0.05, 0) is 32.4 Å². The van der Waals surface area contributed by atoms with E-state index in [0.717, 1.165) is 25.3 Å². The molecule has 8 heteroatoms. The quantitative estimate of drug-likeness (QED) is 0.846. The predicted octanol–water partition coefficient (Wildman–Crippen LogP) is 1.80. The maximum absolute atomic E-state index is 13.0. The number of aromatic nitrogens is 4. The Bertz CT molecular complexity index is 702. The molecule has 1 aliphatic rings. The van der Waals surface area contributed by atoms with E-state index in [2.05, 4.69) is 20.2 Å². The maximum atomic E-state index is 13.0. The molecule has 0 N–H and O–H groups in total. The van der Waals surface area contributed by atoms with Gasteiger partial charge in [-0.15, -0.1) is 5.10 Å². The Kier molecular flexibility index (Phi) is 4.71. The molecule has 0 atom stereocenters. The average Bonchev–Trinajstić information content (AvgIpc) is 2.89. The first-order chi connectivity index (χ1) is 11.5. The third-order valence-corrected chi connectivity index (χ3v) is 4.51. The minimum Gasteiger partial charge on any atom is -0.353 e. The van der Waals surface area contributed by atoms with E-state index >= 15 is 0 Å². The smallest absolute Gasteiger partial charge is 0.250 e. The first kappa shape index (κ1) is 16.7. The summed E-state index contributed by atoms with van der Waals surface area (Å²) in [5.74, 6) is 0.896. The summed E-state index contributed by atoms with van der Waals surface area (Å²) in [4.78, 5) is 17.1. The number of carbonyl (C=O) groups is 1. The summed E-state index contributed by atoms with van der Waals surface area (Å²) in [6, 6.07) is 3.82. The zero-order valence-electron chi connectivity index (χ0n) is 13.9. The SMILES string of the molecule is CC(C)(C(=O)N1CCCN(c2cccnn2)CC1)n1cc(Cl)cn1. The van der Waals surface area contributed by atoms with Gasteiger partial charge in [0.2, 0.25) is 5.91 Å². The Balaban J connectivity index is 1.70. The third kappa shape index (κ3) is 3.36. The van der Waals surface area contributed by atoms with Crippen LogP contribution in [-0.4, -0.2) is 57.0 Å². The van der Waals surface area contributed by atoms with Crippen molar-refractivity contribution in [2.24, 2.45) is 0 Å². The maximum Gasteiger partial charge on any atom is 0.250 e. The molecule has 0 unspecified atom stereocenters. The van der Waals surface area contributed by atoms with Gasteiger partial charge >= 0.3 is 0 Å². The van der Waals surface area contributed by atoms with E-state index in [9.17, 15) is 4.79 Å². The van der Waals surface area contributed by atoms with Crippen LogP contribution in [0.25, 0.3) is 0 Å². The molecule has 0 aliphatic carbocycles. The fourth-order valence-electron chi connectivity index (χ4n) is 2.90. The monoisotopic (exact) mass is 348 g/mol. The van der Waals surface area contributed by atoms with Crippen molar-refractivity contribution in [1.29, 1.82) is 0 Å². The standard InChI is InChI=1S/C16H21ClN6O/c1-16(2,23-12-13(17)11-19-23)15(24)22-8-4-7-21(9-10-22)14-5-3-6-18-20-14/h3,5-6,11-12H,4,7-10H2,1-2H3. The first-order valence-electron chi connectivity index (χ1n) is 8.01. The molecule has 128 valence electrons. The Labute approximate surface area is 146 Å². The van der Waals surface area contributed by atoms with Crippen LogP contribution in [-0.2, 0) is 10.3 Å². The molecule has 3 rings (SSSR count). The molecule has 2 aromatic heterocycles. The summed E-state index contributed by atoms with van der Waals surface area (Å²) < 4.78 is 1.63. The zero-order chi connectivity index (χ0) is 17.2. The summed E-state index contributed by atoms with van der Waals surface area (Å²) in [6.45, 7) is 6.69. The number of rotatable bonds is 3. The molecule has 0 radical (unpaired) electrons. The number of nitrogens with zero attached hydrogens (tertiary/aromatic N) is 6. The minimum absolute atomic E-state index is 0.0447. The minimum atomic E-state index is -0.769. The van der Waals surface area contributed by atoms with Gasteiger partial charge in [0.25, 0.3) is 0 Å². The predicted molar refractivity (Wildman–Crippen MR) is 92.0 cm³/mol. The van der Waals surface area contributed by atoms with Crippen LogP contribution in [0.2, 0.25) is 5.02 Å². The van der Waals surface area contributed by atoms with Gasteiger partial charge in [-0.25, -0.2) is 0 Å². The highest BCUT2D eigenvalue weighted by atomic mass is 35.5. The van der Waals surface area contributed by atoms with E-state index in [4.69, 9.17) is 11.6 Å². The number of amides is 1. The molecule has 0 spiro atoms. The second-order valence-corrected chi connectivity index (χ2v) is 6.81. The molecule has 1 saturated heterocycles. The van der Waals surface area contributed by atoms with Crippen molar-refractivity contribution in [1.82, 2.24) is 24.9 Å². The van der Waals surface area contributed by atoms with Gasteiger partial charge in [0, 0.05) is 38.6 Å². The van der Waals surface area contributed by atoms with Crippen molar-refractivity contribution in [2.45, 2.75) is 25.8 Å². The van der Waals surface area contributed by atoms with Gasteiger partial charge in [-0.2, -0.15) is 10.2 Å². The number of anilines is 1. The van der Waals surface area contributed by atoms with Crippen LogP contribution in [0.3, 0.4) is 0 Å². The van der Waals surface area contributed by atoms with E-state index in [0.29, 0.717) is 18.1 Å². The highest BCUT2D eigenvalue weighted by Crippen LogP contribution is 2.22. The van der Waals surface area contributed by atoms with Gasteiger partial charge in [0.1, 0.15) is 5.54 Å². The molecule has 2 aromatic rings. The highest BCUT2D eigenvalue weighted by molar-refractivity contribution is 6.30. The zero-order valence-corrected chi connectivity index (χ0v) is 14.6. The van der Waals surface area contributed by atoms with Gasteiger partial charge in [0.15, 0.2) is 5.82 Å². The fourth-order valence-corrected chi connectivity index (χ4v) is 3.04. The molecule has 3 heterocycles. The van der Waals surface area contributed by atoms with E-state index < -0.39 is 5.54 Å². The lowest BCUT2D eigenvalue weighted by molar-refractivity contribution is -0.139. The van der Waals surface area contributed by atoms with Gasteiger partial charge in [0.05, 0.1) is 11.2 Å². The van der Waals surface area contributed by atoms with Crippen LogP contribution in [0.5, 0.6) is 0 Å². The van der Waals surface area contributed by atoms with Crippen LogP contribution in [0.1, 0.15) is 20.3 Å². The van der Waals surface area contributed by atoms with Gasteiger partial charge < -0.3 is 9.80 Å². The van der Waals surface area contributed by atoms with Crippen molar-refractivity contribution >= 4 is 23.3 Å². The van der Waals surface area contributed by atoms with Crippen LogP contribution >= 0.6 is 11.6 Å². The lowest BCUT2D eigenvalue weighted by Gasteiger charge is -2.31. The first-order valence-corrected chi connectivity index (χ1v) is 8.39. The Hall–Kier alpha value is -2.15. The van der Waals surface area contributed by atoms with E-state index in [1.54, 1.807) is 23.3 Å². The molecular weight excluding hydrogens is 328 g/mol. The van der Waals surface area contributed by atoms with Gasteiger partial charge in [-0.1, -0.05) is 11.6 Å². The lowest BCUT2D eigenvalue weighted by atomic mass is 10.0. The summed E-state index contributed by atoms with van der Waals surface area (Å²) in [6.07, 6.45) is 5.78. The van der Waals surface area contributed by atoms with Crippen LogP contribution in [0, 0.1) is 0 Å². The second kappa shape index (κ2) is 6.76. The van der Waals surface area contributed by atoms with E-state index in [-0.39, 0.29) is 5.91 Å². The molecule has 0 aromatic carbocycles. The second-order valence-electron chi connectivity index (χ2n) is 6.38. The van der Waals surface area contributed by atoms with Crippen molar-refractivity contribution in [2.75, 3.05) is 31.1 Å². The van der Waals surface area contributed by atoms with E-state index in [1.165, 1.54) is 0 Å². The molecular formula is C16H21ClN6O.